The zero-order chi connectivity index (χ0) is 20.9. The average Bonchev–Trinajstić information content (AvgIpc) is 3.21. The Bertz CT molecular complexity index is 1220. The number of carbonyl (C=O) groups is 1. The molecule has 0 aliphatic heterocycles. The summed E-state index contributed by atoms with van der Waals surface area (Å²) in [5, 5.41) is 6.93. The Morgan fingerprint density at radius 3 is 2.70 bits per heavy atom. The molecule has 0 bridgehead atoms. The predicted octanol–water partition coefficient (Wildman–Crippen LogP) is 4.79. The number of H-pyrrole nitrogens is 1. The number of benzene rings is 2. The smallest absolute Gasteiger partial charge is 0.339 e. The summed E-state index contributed by atoms with van der Waals surface area (Å²) in [5.41, 5.74) is 3.70. The Labute approximate surface area is 169 Å². The van der Waals surface area contributed by atoms with Crippen molar-refractivity contribution in [2.45, 2.75) is 0 Å². The van der Waals surface area contributed by atoms with E-state index in [9.17, 15) is 13.6 Å². The lowest BCUT2D eigenvalue weighted by atomic mass is 10.2. The van der Waals surface area contributed by atoms with E-state index in [0.29, 0.717) is 17.0 Å². The van der Waals surface area contributed by atoms with E-state index in [1.165, 1.54) is 42.6 Å². The number of aromatic nitrogens is 2. The first kappa shape index (κ1) is 19.1. The molecule has 0 aliphatic carbocycles. The van der Waals surface area contributed by atoms with Crippen LogP contribution in [0, 0.1) is 11.6 Å². The van der Waals surface area contributed by atoms with Crippen LogP contribution in [-0.4, -0.2) is 22.2 Å². The highest BCUT2D eigenvalue weighted by Gasteiger charge is 2.11. The number of hydrogen-bond donors (Lipinski definition) is 3. The number of amides is 2. The third-order valence-electron chi connectivity index (χ3n) is 4.08. The van der Waals surface area contributed by atoms with Crippen molar-refractivity contribution in [2.24, 2.45) is 5.10 Å². The van der Waals surface area contributed by atoms with Crippen molar-refractivity contribution in [1.82, 2.24) is 15.4 Å². The van der Waals surface area contributed by atoms with Gasteiger partial charge in [0.15, 0.2) is 11.6 Å². The number of pyridine rings is 1. The number of aromatic amines is 1. The van der Waals surface area contributed by atoms with Crippen molar-refractivity contribution in [2.75, 3.05) is 5.32 Å². The van der Waals surface area contributed by atoms with E-state index in [2.05, 4.69) is 25.8 Å². The van der Waals surface area contributed by atoms with Gasteiger partial charge in [0.05, 0.1) is 11.6 Å². The van der Waals surface area contributed by atoms with Gasteiger partial charge in [-0.1, -0.05) is 12.1 Å². The largest absolute Gasteiger partial charge is 0.453 e. The molecule has 2 aromatic carbocycles. The molecule has 0 unspecified atom stereocenters. The second-order valence-corrected chi connectivity index (χ2v) is 6.17. The van der Waals surface area contributed by atoms with Crippen LogP contribution in [0.15, 0.2) is 72.1 Å². The van der Waals surface area contributed by atoms with Crippen LogP contribution in [0.3, 0.4) is 0 Å². The van der Waals surface area contributed by atoms with Crippen LogP contribution in [0.25, 0.3) is 11.0 Å². The number of carbonyl (C=O) groups excluding carboxylic acids is 1. The van der Waals surface area contributed by atoms with Crippen LogP contribution in [0.2, 0.25) is 0 Å². The Morgan fingerprint density at radius 2 is 1.90 bits per heavy atom. The van der Waals surface area contributed by atoms with E-state index in [4.69, 9.17) is 4.74 Å². The number of nitrogens with zero attached hydrogens (tertiary/aromatic N) is 2. The third kappa shape index (κ3) is 4.41. The molecule has 0 saturated heterocycles. The number of ether oxygens (including phenoxy) is 1. The molecule has 4 rings (SSSR count). The Balaban J connectivity index is 1.38. The second kappa shape index (κ2) is 8.39. The quantitative estimate of drug-likeness (QED) is 0.328. The van der Waals surface area contributed by atoms with Crippen LogP contribution in [0.5, 0.6) is 11.5 Å². The lowest BCUT2D eigenvalue weighted by Crippen LogP contribution is -2.24. The zero-order valence-electron chi connectivity index (χ0n) is 15.4. The fourth-order valence-electron chi connectivity index (χ4n) is 2.68. The lowest BCUT2D eigenvalue weighted by molar-refractivity contribution is 0.252. The van der Waals surface area contributed by atoms with Gasteiger partial charge >= 0.3 is 6.03 Å². The van der Waals surface area contributed by atoms with Crippen LogP contribution >= 0.6 is 0 Å². The standard InChI is InChI=1S/C21H15F2N5O2/c22-14-3-1-13(2-4-14)12-26-28-21(29)27-15-5-6-19(17(23)11-15)30-18-8-10-25-20-16(18)7-9-24-20/h1-12H,(H,24,25)(H2,27,28,29)/b26-12+. The van der Waals surface area contributed by atoms with Crippen molar-refractivity contribution < 1.29 is 18.3 Å². The average molecular weight is 407 g/mol. The number of fused-ring (bicyclic) bond motifs is 1. The molecule has 0 radical (unpaired) electrons. The minimum absolute atomic E-state index is 0.00369. The molecule has 4 aromatic rings. The highest BCUT2D eigenvalue weighted by molar-refractivity contribution is 5.90. The number of nitrogens with one attached hydrogen (secondary N) is 3. The minimum Gasteiger partial charge on any atom is -0.453 e. The van der Waals surface area contributed by atoms with E-state index in [-0.39, 0.29) is 17.3 Å². The first-order chi connectivity index (χ1) is 14.6. The summed E-state index contributed by atoms with van der Waals surface area (Å²) in [6.07, 6.45) is 4.62. The molecule has 30 heavy (non-hydrogen) atoms. The fourth-order valence-corrected chi connectivity index (χ4v) is 2.68. The molecular weight excluding hydrogens is 392 g/mol. The highest BCUT2D eigenvalue weighted by atomic mass is 19.1. The topological polar surface area (TPSA) is 91.4 Å². The number of hydrogen-bond acceptors (Lipinski definition) is 4. The highest BCUT2D eigenvalue weighted by Crippen LogP contribution is 2.30. The van der Waals surface area contributed by atoms with Crippen LogP contribution < -0.4 is 15.5 Å². The normalized spacial score (nSPS) is 11.0. The van der Waals surface area contributed by atoms with Crippen molar-refractivity contribution in [3.63, 3.8) is 0 Å². The van der Waals surface area contributed by atoms with Crippen molar-refractivity contribution >= 4 is 29.0 Å². The molecule has 0 atom stereocenters. The SMILES string of the molecule is O=C(N/N=C/c1ccc(F)cc1)Nc1ccc(Oc2ccnc3[nH]ccc23)c(F)c1. The van der Waals surface area contributed by atoms with Crippen LogP contribution in [0.4, 0.5) is 19.3 Å². The van der Waals surface area contributed by atoms with Crippen LogP contribution in [0.1, 0.15) is 5.56 Å². The maximum atomic E-state index is 14.4. The van der Waals surface area contributed by atoms with Gasteiger partial charge in [-0.25, -0.2) is 24.0 Å². The van der Waals surface area contributed by atoms with Gasteiger partial charge in [-0.2, -0.15) is 5.10 Å². The minimum atomic E-state index is -0.662. The summed E-state index contributed by atoms with van der Waals surface area (Å²) in [6.45, 7) is 0. The first-order valence-electron chi connectivity index (χ1n) is 8.83. The summed E-state index contributed by atoms with van der Waals surface area (Å²) in [6, 6.07) is 12.4. The van der Waals surface area contributed by atoms with Gasteiger partial charge in [0.2, 0.25) is 0 Å². The van der Waals surface area contributed by atoms with Gasteiger partial charge in [-0.3, -0.25) is 0 Å². The van der Waals surface area contributed by atoms with Crippen molar-refractivity contribution in [3.05, 3.63) is 84.2 Å². The van der Waals surface area contributed by atoms with E-state index in [1.807, 2.05) is 0 Å². The maximum Gasteiger partial charge on any atom is 0.339 e. The Kier molecular flexibility index (Phi) is 5.33. The van der Waals surface area contributed by atoms with E-state index >= 15 is 0 Å². The molecule has 2 aromatic heterocycles. The zero-order valence-corrected chi connectivity index (χ0v) is 15.4. The number of hydrazone groups is 1. The number of rotatable bonds is 5. The number of halogens is 2. The lowest BCUT2D eigenvalue weighted by Gasteiger charge is -2.10. The molecule has 0 spiro atoms. The van der Waals surface area contributed by atoms with Gasteiger partial charge in [-0.15, -0.1) is 0 Å². The molecule has 150 valence electrons. The van der Waals surface area contributed by atoms with Gasteiger partial charge in [0.25, 0.3) is 0 Å². The van der Waals surface area contributed by atoms with E-state index in [1.54, 1.807) is 24.5 Å². The molecule has 0 aliphatic rings. The molecule has 9 heteroatoms. The van der Waals surface area contributed by atoms with E-state index < -0.39 is 11.8 Å². The van der Waals surface area contributed by atoms with Crippen molar-refractivity contribution in [1.29, 1.82) is 0 Å². The Hall–Kier alpha value is -4.27. The fraction of sp³-hybridized carbons (Fsp3) is 0. The monoisotopic (exact) mass is 407 g/mol. The summed E-state index contributed by atoms with van der Waals surface area (Å²) in [5.74, 6) is -0.561. The van der Waals surface area contributed by atoms with Gasteiger partial charge in [-0.05, 0) is 42.0 Å². The van der Waals surface area contributed by atoms with Crippen LogP contribution in [-0.2, 0) is 0 Å². The third-order valence-corrected chi connectivity index (χ3v) is 4.08. The predicted molar refractivity (Wildman–Crippen MR) is 109 cm³/mol. The number of urea groups is 1. The summed E-state index contributed by atoms with van der Waals surface area (Å²) in [7, 11) is 0. The van der Waals surface area contributed by atoms with Gasteiger partial charge < -0.3 is 15.0 Å². The second-order valence-electron chi connectivity index (χ2n) is 6.17. The molecule has 7 nitrogen and oxygen atoms in total. The molecule has 0 saturated carbocycles. The molecule has 2 amide bonds. The molecule has 3 N–H and O–H groups in total. The first-order valence-corrected chi connectivity index (χ1v) is 8.83. The summed E-state index contributed by atoms with van der Waals surface area (Å²) in [4.78, 5) is 19.0. The molecule has 2 heterocycles. The van der Waals surface area contributed by atoms with Crippen molar-refractivity contribution in [3.8, 4) is 11.5 Å². The van der Waals surface area contributed by atoms with Gasteiger partial charge in [0.1, 0.15) is 17.2 Å². The Morgan fingerprint density at radius 1 is 1.07 bits per heavy atom. The van der Waals surface area contributed by atoms with Gasteiger partial charge in [0, 0.05) is 24.1 Å². The maximum absolute atomic E-state index is 14.4. The summed E-state index contributed by atoms with van der Waals surface area (Å²) < 4.78 is 32.9. The summed E-state index contributed by atoms with van der Waals surface area (Å²) >= 11 is 0. The number of anilines is 1. The molecular formula is C21H15F2N5O2. The molecule has 0 fully saturated rings. The van der Waals surface area contributed by atoms with E-state index in [0.717, 1.165) is 11.5 Å².